The number of ether oxygens (including phenoxy) is 2. The van der Waals surface area contributed by atoms with Crippen molar-refractivity contribution in [2.75, 3.05) is 53.6 Å². The highest BCUT2D eigenvalue weighted by Gasteiger charge is 2.19. The predicted octanol–water partition coefficient (Wildman–Crippen LogP) is 1.11. The molecule has 5 heteroatoms. The van der Waals surface area contributed by atoms with Crippen LogP contribution in [-0.4, -0.2) is 75.8 Å². The van der Waals surface area contributed by atoms with E-state index < -0.39 is 6.10 Å². The number of nitrogens with one attached hydrogen (secondary N) is 1. The van der Waals surface area contributed by atoms with Crippen LogP contribution < -0.4 is 5.32 Å². The van der Waals surface area contributed by atoms with Crippen molar-refractivity contribution in [3.05, 3.63) is 0 Å². The van der Waals surface area contributed by atoms with Crippen molar-refractivity contribution in [1.29, 1.82) is 0 Å². The van der Waals surface area contributed by atoms with Gasteiger partial charge in [-0.1, -0.05) is 6.92 Å². The van der Waals surface area contributed by atoms with E-state index in [1.54, 1.807) is 7.11 Å². The molecule has 0 aromatic heterocycles. The Morgan fingerprint density at radius 3 is 2.62 bits per heavy atom. The fourth-order valence-corrected chi connectivity index (χ4v) is 2.60. The first-order valence-electron chi connectivity index (χ1n) is 8.29. The number of hydrogen-bond donors (Lipinski definition) is 2. The Morgan fingerprint density at radius 2 is 1.95 bits per heavy atom. The SMILES string of the molecule is COCCN(C)CCNCC(O)COC1CCC(C)CC1. The van der Waals surface area contributed by atoms with E-state index in [9.17, 15) is 5.11 Å². The van der Waals surface area contributed by atoms with Gasteiger partial charge in [0, 0.05) is 33.3 Å². The fraction of sp³-hybridized carbons (Fsp3) is 1.00. The van der Waals surface area contributed by atoms with E-state index in [0.717, 1.165) is 45.0 Å². The molecule has 1 saturated carbocycles. The second-order valence-corrected chi connectivity index (χ2v) is 6.37. The van der Waals surface area contributed by atoms with E-state index >= 15 is 0 Å². The summed E-state index contributed by atoms with van der Waals surface area (Å²) in [5.41, 5.74) is 0. The zero-order valence-electron chi connectivity index (χ0n) is 14.0. The maximum Gasteiger partial charge on any atom is 0.0897 e. The molecule has 0 aromatic carbocycles. The van der Waals surface area contributed by atoms with Crippen LogP contribution in [0.25, 0.3) is 0 Å². The quantitative estimate of drug-likeness (QED) is 0.560. The molecule has 0 aliphatic heterocycles. The van der Waals surface area contributed by atoms with Crippen molar-refractivity contribution in [3.63, 3.8) is 0 Å². The second kappa shape index (κ2) is 11.4. The minimum Gasteiger partial charge on any atom is -0.389 e. The van der Waals surface area contributed by atoms with Gasteiger partial charge in [0.25, 0.3) is 0 Å². The molecule has 2 N–H and O–H groups in total. The van der Waals surface area contributed by atoms with E-state index in [0.29, 0.717) is 19.3 Å². The predicted molar refractivity (Wildman–Crippen MR) is 85.6 cm³/mol. The van der Waals surface area contributed by atoms with Gasteiger partial charge in [-0.25, -0.2) is 0 Å². The molecular weight excluding hydrogens is 268 g/mol. The molecule has 0 spiro atoms. The van der Waals surface area contributed by atoms with Crippen LogP contribution in [0.15, 0.2) is 0 Å². The molecule has 21 heavy (non-hydrogen) atoms. The topological polar surface area (TPSA) is 54.0 Å². The van der Waals surface area contributed by atoms with E-state index in [1.807, 2.05) is 0 Å². The summed E-state index contributed by atoms with van der Waals surface area (Å²) in [5, 5.41) is 13.2. The van der Waals surface area contributed by atoms with Crippen LogP contribution in [0, 0.1) is 5.92 Å². The summed E-state index contributed by atoms with van der Waals surface area (Å²) in [6, 6.07) is 0. The van der Waals surface area contributed by atoms with Gasteiger partial charge in [0.2, 0.25) is 0 Å². The van der Waals surface area contributed by atoms with E-state index in [2.05, 4.69) is 24.2 Å². The van der Waals surface area contributed by atoms with Crippen LogP contribution in [0.3, 0.4) is 0 Å². The van der Waals surface area contributed by atoms with Crippen LogP contribution in [-0.2, 0) is 9.47 Å². The number of hydrogen-bond acceptors (Lipinski definition) is 5. The molecule has 0 heterocycles. The third-order valence-electron chi connectivity index (χ3n) is 4.21. The van der Waals surface area contributed by atoms with Gasteiger partial charge in [-0.2, -0.15) is 0 Å². The highest BCUT2D eigenvalue weighted by atomic mass is 16.5. The van der Waals surface area contributed by atoms with Crippen molar-refractivity contribution in [3.8, 4) is 0 Å². The molecule has 1 unspecified atom stereocenters. The highest BCUT2D eigenvalue weighted by Crippen LogP contribution is 2.25. The largest absolute Gasteiger partial charge is 0.389 e. The Kier molecular flexibility index (Phi) is 10.2. The summed E-state index contributed by atoms with van der Waals surface area (Å²) < 4.78 is 10.8. The Labute approximate surface area is 130 Å². The minimum atomic E-state index is -0.409. The maximum atomic E-state index is 9.92. The highest BCUT2D eigenvalue weighted by molar-refractivity contribution is 4.71. The number of nitrogens with zero attached hydrogens (tertiary/aromatic N) is 1. The van der Waals surface area contributed by atoms with Gasteiger partial charge in [0.1, 0.15) is 0 Å². The first-order valence-corrected chi connectivity index (χ1v) is 8.29. The average molecular weight is 302 g/mol. The zero-order chi connectivity index (χ0) is 15.5. The van der Waals surface area contributed by atoms with Gasteiger partial charge < -0.3 is 24.8 Å². The second-order valence-electron chi connectivity index (χ2n) is 6.37. The van der Waals surface area contributed by atoms with Crippen LogP contribution in [0.2, 0.25) is 0 Å². The monoisotopic (exact) mass is 302 g/mol. The molecule has 1 atom stereocenters. The number of rotatable bonds is 11. The van der Waals surface area contributed by atoms with Crippen molar-refractivity contribution >= 4 is 0 Å². The summed E-state index contributed by atoms with van der Waals surface area (Å²) in [7, 11) is 3.79. The number of likely N-dealkylation sites (N-methyl/N-ethyl adjacent to an activating group) is 1. The van der Waals surface area contributed by atoms with Crippen molar-refractivity contribution in [2.45, 2.75) is 44.8 Å². The molecule has 0 aromatic rings. The van der Waals surface area contributed by atoms with E-state index in [-0.39, 0.29) is 0 Å². The van der Waals surface area contributed by atoms with Gasteiger partial charge in [-0.05, 0) is 38.6 Å². The first-order chi connectivity index (χ1) is 10.1. The molecule has 1 fully saturated rings. The van der Waals surface area contributed by atoms with Crippen molar-refractivity contribution in [1.82, 2.24) is 10.2 Å². The Balaban J connectivity index is 1.95. The lowest BCUT2D eigenvalue weighted by Gasteiger charge is -2.27. The van der Waals surface area contributed by atoms with Crippen LogP contribution in [0.4, 0.5) is 0 Å². The fourth-order valence-electron chi connectivity index (χ4n) is 2.60. The van der Waals surface area contributed by atoms with E-state index in [4.69, 9.17) is 9.47 Å². The maximum absolute atomic E-state index is 9.92. The average Bonchev–Trinajstić information content (AvgIpc) is 2.49. The Hall–Kier alpha value is -0.200. The molecule has 126 valence electrons. The van der Waals surface area contributed by atoms with Gasteiger partial charge >= 0.3 is 0 Å². The molecule has 0 saturated heterocycles. The van der Waals surface area contributed by atoms with Gasteiger partial charge in [-0.15, -0.1) is 0 Å². The van der Waals surface area contributed by atoms with Gasteiger partial charge in [-0.3, -0.25) is 0 Å². The molecule has 1 aliphatic carbocycles. The molecule has 0 radical (unpaired) electrons. The first kappa shape index (κ1) is 18.8. The number of aliphatic hydroxyl groups excluding tert-OH is 1. The summed E-state index contributed by atoms with van der Waals surface area (Å²) in [5.74, 6) is 0.839. The molecule has 1 rings (SSSR count). The van der Waals surface area contributed by atoms with E-state index in [1.165, 1.54) is 12.8 Å². The van der Waals surface area contributed by atoms with Crippen LogP contribution in [0.1, 0.15) is 32.6 Å². The van der Waals surface area contributed by atoms with Gasteiger partial charge in [0.05, 0.1) is 25.4 Å². The van der Waals surface area contributed by atoms with Crippen LogP contribution in [0.5, 0.6) is 0 Å². The summed E-state index contributed by atoms with van der Waals surface area (Å²) in [6.45, 7) is 6.87. The number of aliphatic hydroxyl groups is 1. The molecule has 5 nitrogen and oxygen atoms in total. The smallest absolute Gasteiger partial charge is 0.0897 e. The lowest BCUT2D eigenvalue weighted by molar-refractivity contribution is -0.0278. The third kappa shape index (κ3) is 9.42. The minimum absolute atomic E-state index is 0.357. The lowest BCUT2D eigenvalue weighted by Crippen LogP contribution is -2.37. The summed E-state index contributed by atoms with van der Waals surface area (Å²) in [4.78, 5) is 2.21. The van der Waals surface area contributed by atoms with Crippen LogP contribution >= 0.6 is 0 Å². The normalized spacial score (nSPS) is 24.4. The zero-order valence-corrected chi connectivity index (χ0v) is 14.0. The molecular formula is C16H34N2O3. The molecule has 0 amide bonds. The summed E-state index contributed by atoms with van der Waals surface area (Å²) in [6.07, 6.45) is 4.75. The molecule has 1 aliphatic rings. The summed E-state index contributed by atoms with van der Waals surface area (Å²) >= 11 is 0. The van der Waals surface area contributed by atoms with Crippen molar-refractivity contribution < 1.29 is 14.6 Å². The van der Waals surface area contributed by atoms with Gasteiger partial charge in [0.15, 0.2) is 0 Å². The molecule has 0 bridgehead atoms. The number of methoxy groups -OCH3 is 1. The Morgan fingerprint density at radius 1 is 1.24 bits per heavy atom. The van der Waals surface area contributed by atoms with Crippen molar-refractivity contribution in [2.24, 2.45) is 5.92 Å². The Bertz CT molecular complexity index is 246. The standard InChI is InChI=1S/C16H34N2O3/c1-14-4-6-16(7-5-14)21-13-15(19)12-17-8-9-18(2)10-11-20-3/h14-17,19H,4-13H2,1-3H3. The third-order valence-corrected chi connectivity index (χ3v) is 4.21. The lowest BCUT2D eigenvalue weighted by atomic mass is 9.89.